The van der Waals surface area contributed by atoms with Crippen molar-refractivity contribution in [2.24, 2.45) is 0 Å². The number of hydrogen-bond acceptors (Lipinski definition) is 3. The molecule has 1 aliphatic heterocycles. The molecule has 1 atom stereocenters. The summed E-state index contributed by atoms with van der Waals surface area (Å²) in [6.07, 6.45) is 4.53. The Morgan fingerprint density at radius 2 is 1.92 bits per heavy atom. The minimum atomic E-state index is -0.337. The molecular formula is C21H16Cl2N2O. The van der Waals surface area contributed by atoms with Crippen LogP contribution in [0.2, 0.25) is 10.0 Å². The first kappa shape index (κ1) is 17.2. The van der Waals surface area contributed by atoms with Crippen molar-refractivity contribution in [3.8, 4) is 11.1 Å². The van der Waals surface area contributed by atoms with Gasteiger partial charge >= 0.3 is 0 Å². The van der Waals surface area contributed by atoms with Gasteiger partial charge in [-0.05, 0) is 52.6 Å². The molecular weight excluding hydrogens is 367 g/mol. The minimum absolute atomic E-state index is 0.337. The van der Waals surface area contributed by atoms with Gasteiger partial charge in [-0.1, -0.05) is 41.4 Å². The summed E-state index contributed by atoms with van der Waals surface area (Å²) in [4.78, 5) is 18.1. The van der Waals surface area contributed by atoms with Crippen molar-refractivity contribution < 1.29 is 4.79 Å². The van der Waals surface area contributed by atoms with E-state index in [9.17, 15) is 4.79 Å². The smallest absolute Gasteiger partial charge is 0.141 e. The average molecular weight is 383 g/mol. The number of pyridine rings is 1. The molecule has 3 aromatic rings. The maximum absolute atomic E-state index is 11.8. The fourth-order valence-corrected chi connectivity index (χ4v) is 3.95. The monoisotopic (exact) mass is 382 g/mol. The van der Waals surface area contributed by atoms with Crippen molar-refractivity contribution in [1.29, 1.82) is 0 Å². The highest BCUT2D eigenvalue weighted by atomic mass is 35.5. The van der Waals surface area contributed by atoms with Crippen LogP contribution in [-0.2, 0) is 17.9 Å². The quantitative estimate of drug-likeness (QED) is 0.573. The van der Waals surface area contributed by atoms with E-state index in [0.29, 0.717) is 23.1 Å². The maximum Gasteiger partial charge on any atom is 0.141 e. The molecule has 2 aromatic carbocycles. The van der Waals surface area contributed by atoms with Gasteiger partial charge in [0.15, 0.2) is 0 Å². The molecule has 4 rings (SSSR count). The lowest BCUT2D eigenvalue weighted by Gasteiger charge is -2.20. The highest BCUT2D eigenvalue weighted by molar-refractivity contribution is 6.32. The molecule has 0 aliphatic carbocycles. The standard InChI is InChI=1S/C21H16Cl2N2O/c22-18-5-3-14(4-6-18)11-25-12-17-8-16(15-2-1-7-24-10-15)9-19(23)21(17)20(25)13-26/h1-10,13,20H,11-12H2. The van der Waals surface area contributed by atoms with Gasteiger partial charge in [-0.3, -0.25) is 9.88 Å². The minimum Gasteiger partial charge on any atom is -0.301 e. The number of aromatic nitrogens is 1. The van der Waals surface area contributed by atoms with Gasteiger partial charge in [0.05, 0.1) is 6.04 Å². The summed E-state index contributed by atoms with van der Waals surface area (Å²) in [5.41, 5.74) is 5.12. The topological polar surface area (TPSA) is 33.2 Å². The summed E-state index contributed by atoms with van der Waals surface area (Å²) in [6, 6.07) is 15.3. The second kappa shape index (κ2) is 7.20. The number of rotatable bonds is 4. The van der Waals surface area contributed by atoms with Gasteiger partial charge in [-0.2, -0.15) is 0 Å². The van der Waals surface area contributed by atoms with Gasteiger partial charge in [-0.25, -0.2) is 0 Å². The van der Waals surface area contributed by atoms with Crippen molar-refractivity contribution in [2.45, 2.75) is 19.1 Å². The largest absolute Gasteiger partial charge is 0.301 e. The van der Waals surface area contributed by atoms with E-state index in [1.54, 1.807) is 6.20 Å². The number of fused-ring (bicyclic) bond motifs is 1. The van der Waals surface area contributed by atoms with Crippen LogP contribution in [0.1, 0.15) is 22.7 Å². The molecule has 0 fully saturated rings. The van der Waals surface area contributed by atoms with Crippen LogP contribution in [0.4, 0.5) is 0 Å². The predicted molar refractivity (Wildman–Crippen MR) is 104 cm³/mol. The molecule has 0 amide bonds. The number of hydrogen-bond donors (Lipinski definition) is 0. The Kier molecular flexibility index (Phi) is 4.77. The highest BCUT2D eigenvalue weighted by Crippen LogP contribution is 2.40. The molecule has 5 heteroatoms. The van der Waals surface area contributed by atoms with Crippen LogP contribution >= 0.6 is 23.2 Å². The molecule has 3 nitrogen and oxygen atoms in total. The molecule has 1 aromatic heterocycles. The molecule has 1 unspecified atom stereocenters. The molecule has 0 radical (unpaired) electrons. The van der Waals surface area contributed by atoms with Crippen LogP contribution in [0.25, 0.3) is 11.1 Å². The van der Waals surface area contributed by atoms with Gasteiger partial charge in [0, 0.05) is 41.1 Å². The van der Waals surface area contributed by atoms with E-state index in [2.05, 4.69) is 16.0 Å². The van der Waals surface area contributed by atoms with E-state index in [4.69, 9.17) is 23.2 Å². The Morgan fingerprint density at radius 1 is 1.12 bits per heavy atom. The Bertz CT molecular complexity index is 942. The van der Waals surface area contributed by atoms with Crippen LogP contribution in [0, 0.1) is 0 Å². The normalized spacial score (nSPS) is 16.5. The van der Waals surface area contributed by atoms with Crippen LogP contribution in [-0.4, -0.2) is 16.2 Å². The van der Waals surface area contributed by atoms with E-state index in [-0.39, 0.29) is 6.04 Å². The van der Waals surface area contributed by atoms with E-state index in [1.165, 1.54) is 0 Å². The molecule has 2 heterocycles. The SMILES string of the molecule is O=CC1c2c(Cl)cc(-c3cccnc3)cc2CN1Cc1ccc(Cl)cc1. The second-order valence-corrected chi connectivity index (χ2v) is 7.23. The number of halogens is 2. The number of benzene rings is 2. The number of carbonyl (C=O) groups is 1. The molecule has 0 N–H and O–H groups in total. The zero-order valence-electron chi connectivity index (χ0n) is 13.9. The third kappa shape index (κ3) is 3.26. The van der Waals surface area contributed by atoms with Gasteiger partial charge in [0.25, 0.3) is 0 Å². The first-order chi connectivity index (χ1) is 12.7. The summed E-state index contributed by atoms with van der Waals surface area (Å²) in [6.45, 7) is 1.34. The third-order valence-electron chi connectivity index (χ3n) is 4.70. The van der Waals surface area contributed by atoms with Crippen LogP contribution in [0.3, 0.4) is 0 Å². The van der Waals surface area contributed by atoms with Crippen molar-refractivity contribution in [3.63, 3.8) is 0 Å². The fourth-order valence-electron chi connectivity index (χ4n) is 3.47. The second-order valence-electron chi connectivity index (χ2n) is 6.38. The third-order valence-corrected chi connectivity index (χ3v) is 5.27. The molecule has 130 valence electrons. The van der Waals surface area contributed by atoms with Gasteiger partial charge < -0.3 is 4.79 Å². The van der Waals surface area contributed by atoms with Crippen LogP contribution in [0.5, 0.6) is 0 Å². The Labute approximate surface area is 162 Å². The first-order valence-electron chi connectivity index (χ1n) is 8.32. The fraction of sp³-hybridized carbons (Fsp3) is 0.143. The zero-order valence-corrected chi connectivity index (χ0v) is 15.4. The molecule has 1 aliphatic rings. The van der Waals surface area contributed by atoms with Crippen molar-refractivity contribution >= 4 is 29.5 Å². The van der Waals surface area contributed by atoms with E-state index >= 15 is 0 Å². The van der Waals surface area contributed by atoms with Gasteiger partial charge in [-0.15, -0.1) is 0 Å². The maximum atomic E-state index is 11.8. The zero-order chi connectivity index (χ0) is 18.1. The van der Waals surface area contributed by atoms with Crippen molar-refractivity contribution in [2.75, 3.05) is 0 Å². The Hall–Kier alpha value is -2.20. The number of nitrogens with zero attached hydrogens (tertiary/aromatic N) is 2. The Balaban J connectivity index is 1.67. The lowest BCUT2D eigenvalue weighted by molar-refractivity contribution is -0.112. The average Bonchev–Trinajstić information content (AvgIpc) is 3.02. The van der Waals surface area contributed by atoms with Crippen LogP contribution in [0.15, 0.2) is 60.9 Å². The molecule has 0 bridgehead atoms. The van der Waals surface area contributed by atoms with E-state index in [0.717, 1.165) is 34.1 Å². The first-order valence-corrected chi connectivity index (χ1v) is 9.08. The number of aldehydes is 1. The lowest BCUT2D eigenvalue weighted by atomic mass is 9.99. The summed E-state index contributed by atoms with van der Waals surface area (Å²) in [5, 5.41) is 1.33. The van der Waals surface area contributed by atoms with Gasteiger partial charge in [0.2, 0.25) is 0 Å². The van der Waals surface area contributed by atoms with Gasteiger partial charge in [0.1, 0.15) is 6.29 Å². The van der Waals surface area contributed by atoms with Crippen molar-refractivity contribution in [3.05, 3.63) is 87.7 Å². The van der Waals surface area contributed by atoms with E-state index < -0.39 is 0 Å². The highest BCUT2D eigenvalue weighted by Gasteiger charge is 2.32. The molecule has 26 heavy (non-hydrogen) atoms. The lowest BCUT2D eigenvalue weighted by Crippen LogP contribution is -2.22. The number of carbonyl (C=O) groups excluding carboxylic acids is 1. The Morgan fingerprint density at radius 3 is 2.62 bits per heavy atom. The molecule has 0 spiro atoms. The predicted octanol–water partition coefficient (Wildman–Crippen LogP) is 5.31. The summed E-state index contributed by atoms with van der Waals surface area (Å²) in [5.74, 6) is 0. The summed E-state index contributed by atoms with van der Waals surface area (Å²) >= 11 is 12.5. The summed E-state index contributed by atoms with van der Waals surface area (Å²) < 4.78 is 0. The molecule has 0 saturated carbocycles. The molecule has 0 saturated heterocycles. The summed E-state index contributed by atoms with van der Waals surface area (Å²) in [7, 11) is 0. The van der Waals surface area contributed by atoms with E-state index in [1.807, 2.05) is 48.7 Å². The van der Waals surface area contributed by atoms with Crippen molar-refractivity contribution in [1.82, 2.24) is 9.88 Å². The van der Waals surface area contributed by atoms with Crippen LogP contribution < -0.4 is 0 Å².